The van der Waals surface area contributed by atoms with Crippen LogP contribution in [0.2, 0.25) is 0 Å². The molecule has 0 unspecified atom stereocenters. The van der Waals surface area contributed by atoms with Crippen molar-refractivity contribution in [3.63, 3.8) is 0 Å². The Balaban J connectivity index is 2.00. The number of fused-ring (bicyclic) bond motifs is 1. The quantitative estimate of drug-likeness (QED) is 0.938. The van der Waals surface area contributed by atoms with E-state index in [0.29, 0.717) is 5.69 Å². The lowest BCUT2D eigenvalue weighted by Crippen LogP contribution is -2.12. The molecule has 1 aromatic carbocycles. The van der Waals surface area contributed by atoms with Gasteiger partial charge in [0, 0.05) is 19.3 Å². The largest absolute Gasteiger partial charge is 0.477 e. The molecule has 0 saturated heterocycles. The second-order valence-electron chi connectivity index (χ2n) is 4.54. The molecule has 0 radical (unpaired) electrons. The molecule has 1 aromatic heterocycles. The number of benzene rings is 1. The SMILES string of the molecule is COCc1nc(N2CCc3ccccc32)sc1C(=O)O. The number of carbonyl (C=O) groups is 1. The Morgan fingerprint density at radius 1 is 1.50 bits per heavy atom. The zero-order chi connectivity index (χ0) is 14.1. The second-order valence-corrected chi connectivity index (χ2v) is 5.52. The molecule has 1 aliphatic rings. The highest BCUT2D eigenvalue weighted by atomic mass is 32.1. The smallest absolute Gasteiger partial charge is 0.347 e. The average molecular weight is 290 g/mol. The van der Waals surface area contributed by atoms with E-state index >= 15 is 0 Å². The van der Waals surface area contributed by atoms with Crippen molar-refractivity contribution >= 4 is 28.1 Å². The molecule has 0 amide bonds. The van der Waals surface area contributed by atoms with E-state index in [2.05, 4.69) is 16.0 Å². The second kappa shape index (κ2) is 5.22. The lowest BCUT2D eigenvalue weighted by atomic mass is 10.2. The van der Waals surface area contributed by atoms with Crippen molar-refractivity contribution in [2.75, 3.05) is 18.6 Å². The van der Waals surface area contributed by atoms with E-state index in [1.807, 2.05) is 18.2 Å². The summed E-state index contributed by atoms with van der Waals surface area (Å²) >= 11 is 1.20. The molecule has 2 heterocycles. The predicted octanol–water partition coefficient (Wildman–Crippen LogP) is 2.68. The Labute approximate surface area is 120 Å². The number of ether oxygens (including phenoxy) is 1. The van der Waals surface area contributed by atoms with Crippen molar-refractivity contribution in [2.24, 2.45) is 0 Å². The van der Waals surface area contributed by atoms with Crippen LogP contribution in [0, 0.1) is 0 Å². The van der Waals surface area contributed by atoms with Gasteiger partial charge in [-0.15, -0.1) is 0 Å². The first-order valence-electron chi connectivity index (χ1n) is 6.28. The average Bonchev–Trinajstić information content (AvgIpc) is 3.02. The normalized spacial score (nSPS) is 13.6. The van der Waals surface area contributed by atoms with E-state index in [1.165, 1.54) is 24.0 Å². The summed E-state index contributed by atoms with van der Waals surface area (Å²) in [5, 5.41) is 9.96. The maximum atomic E-state index is 11.3. The summed E-state index contributed by atoms with van der Waals surface area (Å²) in [6.07, 6.45) is 0.956. The molecule has 20 heavy (non-hydrogen) atoms. The number of thiazole rings is 1. The van der Waals surface area contributed by atoms with Crippen LogP contribution in [0.15, 0.2) is 24.3 Å². The number of aromatic carboxylic acids is 1. The molecular formula is C14H14N2O3S. The van der Waals surface area contributed by atoms with E-state index in [-0.39, 0.29) is 11.5 Å². The predicted molar refractivity (Wildman–Crippen MR) is 76.9 cm³/mol. The van der Waals surface area contributed by atoms with Crippen LogP contribution < -0.4 is 4.90 Å². The first kappa shape index (κ1) is 13.1. The van der Waals surface area contributed by atoms with Gasteiger partial charge < -0.3 is 14.7 Å². The third kappa shape index (κ3) is 2.17. The molecule has 0 aliphatic carbocycles. The Hall–Kier alpha value is -1.92. The van der Waals surface area contributed by atoms with E-state index in [4.69, 9.17) is 4.74 Å². The summed E-state index contributed by atoms with van der Waals surface area (Å²) in [7, 11) is 1.54. The number of hydrogen-bond donors (Lipinski definition) is 1. The molecule has 1 N–H and O–H groups in total. The van der Waals surface area contributed by atoms with Gasteiger partial charge in [-0.3, -0.25) is 0 Å². The number of aromatic nitrogens is 1. The van der Waals surface area contributed by atoms with Crippen LogP contribution in [0.4, 0.5) is 10.8 Å². The molecule has 0 saturated carbocycles. The van der Waals surface area contributed by atoms with E-state index in [0.717, 1.165) is 23.8 Å². The van der Waals surface area contributed by atoms with Gasteiger partial charge in [0.1, 0.15) is 4.88 Å². The fraction of sp³-hybridized carbons (Fsp3) is 0.286. The fourth-order valence-electron chi connectivity index (χ4n) is 2.39. The Morgan fingerprint density at radius 3 is 3.05 bits per heavy atom. The van der Waals surface area contributed by atoms with Gasteiger partial charge in [-0.2, -0.15) is 0 Å². The molecule has 3 rings (SSSR count). The molecule has 6 heteroatoms. The summed E-state index contributed by atoms with van der Waals surface area (Å²) in [4.78, 5) is 18.0. The molecule has 104 valence electrons. The van der Waals surface area contributed by atoms with Gasteiger partial charge in [0.2, 0.25) is 0 Å². The highest BCUT2D eigenvalue weighted by Crippen LogP contribution is 2.37. The maximum absolute atomic E-state index is 11.3. The van der Waals surface area contributed by atoms with Gasteiger partial charge >= 0.3 is 5.97 Å². The topological polar surface area (TPSA) is 62.7 Å². The Morgan fingerprint density at radius 2 is 2.30 bits per heavy atom. The first-order valence-corrected chi connectivity index (χ1v) is 7.09. The molecule has 1 aliphatic heterocycles. The molecular weight excluding hydrogens is 276 g/mol. The van der Waals surface area contributed by atoms with Crippen molar-refractivity contribution in [3.05, 3.63) is 40.4 Å². The zero-order valence-corrected chi connectivity index (χ0v) is 11.8. The van der Waals surface area contributed by atoms with Crippen LogP contribution in [0.5, 0.6) is 0 Å². The van der Waals surface area contributed by atoms with Crippen molar-refractivity contribution in [1.29, 1.82) is 0 Å². The Bertz CT molecular complexity index is 654. The fourth-order valence-corrected chi connectivity index (χ4v) is 3.34. The van der Waals surface area contributed by atoms with Gasteiger partial charge in [0.15, 0.2) is 5.13 Å². The van der Waals surface area contributed by atoms with Crippen LogP contribution in [-0.4, -0.2) is 29.7 Å². The lowest BCUT2D eigenvalue weighted by molar-refractivity contribution is 0.0697. The standard InChI is InChI=1S/C14H14N2O3S/c1-19-8-10-12(13(17)18)20-14(15-10)16-7-6-9-4-2-3-5-11(9)16/h2-5H,6-8H2,1H3,(H,17,18). The minimum Gasteiger partial charge on any atom is -0.477 e. The van der Waals surface area contributed by atoms with Crippen molar-refractivity contribution < 1.29 is 14.6 Å². The number of carboxylic acids is 1. The number of anilines is 2. The van der Waals surface area contributed by atoms with E-state index in [1.54, 1.807) is 0 Å². The summed E-state index contributed by atoms with van der Waals surface area (Å²) in [6, 6.07) is 8.14. The van der Waals surface area contributed by atoms with Gasteiger partial charge in [-0.1, -0.05) is 29.5 Å². The Kier molecular flexibility index (Phi) is 3.42. The highest BCUT2D eigenvalue weighted by Gasteiger charge is 2.25. The number of rotatable bonds is 4. The van der Waals surface area contributed by atoms with E-state index in [9.17, 15) is 9.90 Å². The molecule has 0 bridgehead atoms. The monoisotopic (exact) mass is 290 g/mol. The molecule has 0 atom stereocenters. The molecule has 0 spiro atoms. The van der Waals surface area contributed by atoms with Gasteiger partial charge in [0.25, 0.3) is 0 Å². The molecule has 5 nitrogen and oxygen atoms in total. The van der Waals surface area contributed by atoms with Gasteiger partial charge in [-0.25, -0.2) is 9.78 Å². The van der Waals surface area contributed by atoms with Crippen LogP contribution in [0.3, 0.4) is 0 Å². The number of para-hydroxylation sites is 1. The molecule has 2 aromatic rings. The van der Waals surface area contributed by atoms with Crippen molar-refractivity contribution in [3.8, 4) is 0 Å². The van der Waals surface area contributed by atoms with Gasteiger partial charge in [-0.05, 0) is 18.1 Å². The first-order chi connectivity index (χ1) is 9.70. The summed E-state index contributed by atoms with van der Waals surface area (Å²) < 4.78 is 5.03. The van der Waals surface area contributed by atoms with Crippen molar-refractivity contribution in [2.45, 2.75) is 13.0 Å². The minimum atomic E-state index is -0.951. The zero-order valence-electron chi connectivity index (χ0n) is 11.0. The highest BCUT2D eigenvalue weighted by molar-refractivity contribution is 7.17. The van der Waals surface area contributed by atoms with Gasteiger partial charge in [0.05, 0.1) is 12.3 Å². The van der Waals surface area contributed by atoms with E-state index < -0.39 is 5.97 Å². The third-order valence-corrected chi connectivity index (χ3v) is 4.39. The number of carboxylic acid groups (broad SMARTS) is 1. The summed E-state index contributed by atoms with van der Waals surface area (Å²) in [5.41, 5.74) is 2.87. The van der Waals surface area contributed by atoms with Crippen molar-refractivity contribution in [1.82, 2.24) is 4.98 Å². The molecule has 0 fully saturated rings. The van der Waals surface area contributed by atoms with Crippen LogP contribution >= 0.6 is 11.3 Å². The summed E-state index contributed by atoms with van der Waals surface area (Å²) in [6.45, 7) is 1.05. The van der Waals surface area contributed by atoms with Crippen LogP contribution in [-0.2, 0) is 17.8 Å². The minimum absolute atomic E-state index is 0.216. The summed E-state index contributed by atoms with van der Waals surface area (Å²) in [5.74, 6) is -0.951. The number of nitrogens with zero attached hydrogens (tertiary/aromatic N) is 2. The number of methoxy groups -OCH3 is 1. The van der Waals surface area contributed by atoms with Crippen LogP contribution in [0.1, 0.15) is 20.9 Å². The number of hydrogen-bond acceptors (Lipinski definition) is 5. The van der Waals surface area contributed by atoms with Crippen LogP contribution in [0.25, 0.3) is 0 Å². The maximum Gasteiger partial charge on any atom is 0.347 e. The lowest BCUT2D eigenvalue weighted by Gasteiger charge is -2.15. The third-order valence-electron chi connectivity index (χ3n) is 3.28.